The zero-order valence-corrected chi connectivity index (χ0v) is 16.7. The number of para-hydroxylation sites is 1. The molecule has 0 atom stereocenters. The predicted molar refractivity (Wildman–Crippen MR) is 105 cm³/mol. The molecule has 130 valence electrons. The number of carbonyl (C=O) groups is 1. The van der Waals surface area contributed by atoms with Crippen LogP contribution in [0.2, 0.25) is 0 Å². The Labute approximate surface area is 153 Å². The topological polar surface area (TPSA) is 42.0 Å². The summed E-state index contributed by atoms with van der Waals surface area (Å²) in [7, 11) is 0. The van der Waals surface area contributed by atoms with Crippen LogP contribution in [0.25, 0.3) is 0 Å². The first-order valence-electron chi connectivity index (χ1n) is 8.34. The van der Waals surface area contributed by atoms with E-state index in [0.29, 0.717) is 5.75 Å². The Bertz CT molecular complexity index is 679. The highest BCUT2D eigenvalue weighted by Crippen LogP contribution is 2.29. The van der Waals surface area contributed by atoms with Gasteiger partial charge in [-0.1, -0.05) is 64.6 Å². The summed E-state index contributed by atoms with van der Waals surface area (Å²) in [6.07, 6.45) is 1.83. The van der Waals surface area contributed by atoms with Crippen molar-refractivity contribution < 1.29 is 4.79 Å². The van der Waals surface area contributed by atoms with Crippen molar-refractivity contribution in [3.05, 3.63) is 40.4 Å². The highest BCUT2D eigenvalue weighted by Gasteiger charge is 2.18. The van der Waals surface area contributed by atoms with Gasteiger partial charge >= 0.3 is 0 Å². The molecule has 1 heterocycles. The number of benzene rings is 1. The van der Waals surface area contributed by atoms with Crippen LogP contribution >= 0.6 is 23.1 Å². The number of anilines is 1. The molecule has 2 aromatic rings. The van der Waals surface area contributed by atoms with Gasteiger partial charge in [0.25, 0.3) is 0 Å². The Kier molecular flexibility index (Phi) is 6.47. The van der Waals surface area contributed by atoms with Crippen molar-refractivity contribution in [1.82, 2.24) is 4.98 Å². The standard InChI is InChI=1S/C19H26N2OS2/c1-6-13-9-8-10-14(7-2)17(13)21-16(22)12-24-18-20-15(11-23-18)19(3,4)5/h8-11H,6-7,12H2,1-5H3,(H,21,22). The first kappa shape index (κ1) is 19.0. The summed E-state index contributed by atoms with van der Waals surface area (Å²) in [6, 6.07) is 6.22. The molecule has 3 nitrogen and oxygen atoms in total. The van der Waals surface area contributed by atoms with Gasteiger partial charge in [-0.2, -0.15) is 0 Å². The number of carbonyl (C=O) groups excluding carboxylic acids is 1. The maximum Gasteiger partial charge on any atom is 0.234 e. The van der Waals surface area contributed by atoms with Gasteiger partial charge in [0.2, 0.25) is 5.91 Å². The summed E-state index contributed by atoms with van der Waals surface area (Å²) in [4.78, 5) is 17.0. The number of hydrogen-bond acceptors (Lipinski definition) is 4. The second-order valence-electron chi connectivity index (χ2n) is 6.74. The average Bonchev–Trinajstić information content (AvgIpc) is 3.02. The highest BCUT2D eigenvalue weighted by atomic mass is 32.2. The van der Waals surface area contributed by atoms with E-state index in [9.17, 15) is 4.79 Å². The molecule has 1 amide bonds. The maximum absolute atomic E-state index is 12.4. The maximum atomic E-state index is 12.4. The summed E-state index contributed by atoms with van der Waals surface area (Å²) in [5.74, 6) is 0.418. The summed E-state index contributed by atoms with van der Waals surface area (Å²) < 4.78 is 0.953. The molecule has 24 heavy (non-hydrogen) atoms. The van der Waals surface area contributed by atoms with Crippen molar-refractivity contribution in [2.75, 3.05) is 11.1 Å². The van der Waals surface area contributed by atoms with Crippen LogP contribution in [-0.4, -0.2) is 16.6 Å². The summed E-state index contributed by atoms with van der Waals surface area (Å²) >= 11 is 3.12. The van der Waals surface area contributed by atoms with Gasteiger partial charge in [-0.05, 0) is 24.0 Å². The molecule has 1 aromatic heterocycles. The fourth-order valence-electron chi connectivity index (χ4n) is 2.37. The van der Waals surface area contributed by atoms with Crippen molar-refractivity contribution in [3.63, 3.8) is 0 Å². The van der Waals surface area contributed by atoms with Crippen LogP contribution in [0, 0.1) is 0 Å². The van der Waals surface area contributed by atoms with Gasteiger partial charge in [0.1, 0.15) is 0 Å². The van der Waals surface area contributed by atoms with Crippen LogP contribution in [0.4, 0.5) is 5.69 Å². The van der Waals surface area contributed by atoms with Crippen molar-refractivity contribution >= 4 is 34.7 Å². The summed E-state index contributed by atoms with van der Waals surface area (Å²) in [6.45, 7) is 10.7. The van der Waals surface area contributed by atoms with Gasteiger partial charge in [0.05, 0.1) is 11.4 Å². The lowest BCUT2D eigenvalue weighted by Gasteiger charge is -2.14. The molecule has 0 unspecified atom stereocenters. The number of nitrogens with zero attached hydrogens (tertiary/aromatic N) is 1. The molecule has 0 saturated carbocycles. The van der Waals surface area contributed by atoms with Crippen LogP contribution in [0.1, 0.15) is 51.4 Å². The largest absolute Gasteiger partial charge is 0.325 e. The molecule has 2 rings (SSSR count). The number of hydrogen-bond donors (Lipinski definition) is 1. The molecule has 1 aromatic carbocycles. The molecule has 0 aliphatic heterocycles. The Morgan fingerprint density at radius 1 is 1.21 bits per heavy atom. The third-order valence-electron chi connectivity index (χ3n) is 3.84. The van der Waals surface area contributed by atoms with E-state index < -0.39 is 0 Å². The Morgan fingerprint density at radius 2 is 1.83 bits per heavy atom. The molecule has 0 aliphatic carbocycles. The van der Waals surface area contributed by atoms with Crippen LogP contribution in [0.15, 0.2) is 27.9 Å². The highest BCUT2D eigenvalue weighted by molar-refractivity contribution is 8.01. The first-order valence-corrected chi connectivity index (χ1v) is 10.2. The van der Waals surface area contributed by atoms with E-state index in [4.69, 9.17) is 0 Å². The van der Waals surface area contributed by atoms with Gasteiger partial charge in [0.15, 0.2) is 4.34 Å². The second-order valence-corrected chi connectivity index (χ2v) is 8.82. The lowest BCUT2D eigenvalue weighted by atomic mass is 9.93. The van der Waals surface area contributed by atoms with Gasteiger partial charge in [-0.15, -0.1) is 11.3 Å². The van der Waals surface area contributed by atoms with E-state index in [-0.39, 0.29) is 11.3 Å². The number of nitrogens with one attached hydrogen (secondary N) is 1. The smallest absolute Gasteiger partial charge is 0.234 e. The molecule has 0 radical (unpaired) electrons. The Balaban J connectivity index is 2.00. The van der Waals surface area contributed by atoms with E-state index in [0.717, 1.165) is 28.6 Å². The second kappa shape index (κ2) is 8.17. The quantitative estimate of drug-likeness (QED) is 0.709. The minimum absolute atomic E-state index is 0.0307. The van der Waals surface area contributed by atoms with Crippen molar-refractivity contribution in [2.24, 2.45) is 0 Å². The van der Waals surface area contributed by atoms with Crippen molar-refractivity contribution in [1.29, 1.82) is 0 Å². The lowest BCUT2D eigenvalue weighted by molar-refractivity contribution is -0.113. The third-order valence-corrected chi connectivity index (χ3v) is 5.86. The number of thiazole rings is 1. The molecule has 0 aliphatic rings. The molecule has 0 spiro atoms. The van der Waals surface area contributed by atoms with E-state index >= 15 is 0 Å². The van der Waals surface area contributed by atoms with E-state index in [1.807, 2.05) is 0 Å². The van der Waals surface area contributed by atoms with E-state index in [1.165, 1.54) is 22.9 Å². The SMILES string of the molecule is CCc1cccc(CC)c1NC(=O)CSc1nc(C(C)(C)C)cs1. The van der Waals surface area contributed by atoms with Crippen molar-refractivity contribution in [2.45, 2.75) is 57.2 Å². The molecule has 1 N–H and O–H groups in total. The average molecular weight is 363 g/mol. The summed E-state index contributed by atoms with van der Waals surface area (Å²) in [5, 5.41) is 5.19. The zero-order chi connectivity index (χ0) is 17.7. The van der Waals surface area contributed by atoms with Crippen molar-refractivity contribution in [3.8, 4) is 0 Å². The fourth-order valence-corrected chi connectivity index (χ4v) is 4.23. The fraction of sp³-hybridized carbons (Fsp3) is 0.474. The van der Waals surface area contributed by atoms with Gasteiger partial charge < -0.3 is 5.32 Å². The number of aryl methyl sites for hydroxylation is 2. The monoisotopic (exact) mass is 362 g/mol. The minimum atomic E-state index is 0.0307. The molecule has 5 heteroatoms. The number of thioether (sulfide) groups is 1. The van der Waals surface area contributed by atoms with Crippen LogP contribution in [-0.2, 0) is 23.1 Å². The number of rotatable bonds is 6. The zero-order valence-electron chi connectivity index (χ0n) is 15.1. The molecular weight excluding hydrogens is 336 g/mol. The summed E-state index contributed by atoms with van der Waals surface area (Å²) in [5.41, 5.74) is 4.50. The molecule has 0 bridgehead atoms. The first-order chi connectivity index (χ1) is 11.3. The minimum Gasteiger partial charge on any atom is -0.325 e. The normalized spacial score (nSPS) is 11.5. The van der Waals surface area contributed by atoms with Crippen LogP contribution in [0.5, 0.6) is 0 Å². The third kappa shape index (κ3) is 4.84. The Morgan fingerprint density at radius 3 is 2.33 bits per heavy atom. The van der Waals surface area contributed by atoms with Crippen LogP contribution in [0.3, 0.4) is 0 Å². The number of aromatic nitrogens is 1. The number of amides is 1. The van der Waals surface area contributed by atoms with Crippen LogP contribution < -0.4 is 5.32 Å². The van der Waals surface area contributed by atoms with Gasteiger partial charge in [0, 0.05) is 16.5 Å². The van der Waals surface area contributed by atoms with Gasteiger partial charge in [-0.25, -0.2) is 4.98 Å². The lowest BCUT2D eigenvalue weighted by Crippen LogP contribution is -2.16. The Hall–Kier alpha value is -1.33. The van der Waals surface area contributed by atoms with E-state index in [1.54, 1.807) is 11.3 Å². The molecule has 0 saturated heterocycles. The molecular formula is C19H26N2OS2. The van der Waals surface area contributed by atoms with Gasteiger partial charge in [-0.3, -0.25) is 4.79 Å². The van der Waals surface area contributed by atoms with E-state index in [2.05, 4.69) is 68.5 Å². The molecule has 0 fully saturated rings. The predicted octanol–water partition coefficient (Wildman–Crippen LogP) is 5.30.